The number of benzene rings is 2. The molecule has 2 atom stereocenters. The second-order valence-corrected chi connectivity index (χ2v) is 7.51. The van der Waals surface area contributed by atoms with Gasteiger partial charge in [0.1, 0.15) is 17.4 Å². The quantitative estimate of drug-likeness (QED) is 0.537. The summed E-state index contributed by atoms with van der Waals surface area (Å²) in [5, 5.41) is 20.7. The Morgan fingerprint density at radius 2 is 1.68 bits per heavy atom. The van der Waals surface area contributed by atoms with Crippen molar-refractivity contribution >= 4 is 10.9 Å². The topological polar surface area (TPSA) is 62.5 Å². The van der Waals surface area contributed by atoms with Crippen molar-refractivity contribution in [3.05, 3.63) is 76.1 Å². The lowest BCUT2D eigenvalue weighted by Crippen LogP contribution is -2.49. The van der Waals surface area contributed by atoms with Crippen LogP contribution in [0.25, 0.3) is 10.9 Å². The van der Waals surface area contributed by atoms with Gasteiger partial charge in [-0.1, -0.05) is 6.92 Å². The number of halogens is 5. The highest BCUT2D eigenvalue weighted by atomic mass is 19.4. The van der Waals surface area contributed by atoms with Crippen molar-refractivity contribution in [3.8, 4) is 5.75 Å². The van der Waals surface area contributed by atoms with Crippen molar-refractivity contribution in [2.24, 2.45) is 0 Å². The van der Waals surface area contributed by atoms with Crippen molar-refractivity contribution in [2.45, 2.75) is 44.0 Å². The summed E-state index contributed by atoms with van der Waals surface area (Å²) in [7, 11) is 0. The summed E-state index contributed by atoms with van der Waals surface area (Å²) in [4.78, 5) is 12.0. The molecule has 1 heterocycles. The molecule has 0 aliphatic rings. The maximum absolute atomic E-state index is 14.0. The summed E-state index contributed by atoms with van der Waals surface area (Å²) in [6, 6.07) is 7.08. The number of hydrogen-bond donors (Lipinski definition) is 2. The number of nitrogens with zero attached hydrogens (tertiary/aromatic N) is 1. The molecule has 3 rings (SSSR count). The van der Waals surface area contributed by atoms with Gasteiger partial charge in [-0.25, -0.2) is 8.78 Å². The average molecular weight is 441 g/mol. The molecule has 2 N–H and O–H groups in total. The molecule has 4 nitrogen and oxygen atoms in total. The summed E-state index contributed by atoms with van der Waals surface area (Å²) in [5.74, 6) is -2.89. The maximum atomic E-state index is 14.0. The van der Waals surface area contributed by atoms with Gasteiger partial charge in [-0.15, -0.1) is 0 Å². The Morgan fingerprint density at radius 1 is 1.03 bits per heavy atom. The van der Waals surface area contributed by atoms with Gasteiger partial charge in [-0.05, 0) is 60.7 Å². The van der Waals surface area contributed by atoms with Crippen LogP contribution < -0.4 is 5.43 Å². The Morgan fingerprint density at radius 3 is 2.32 bits per heavy atom. The van der Waals surface area contributed by atoms with Crippen molar-refractivity contribution in [2.75, 3.05) is 0 Å². The highest BCUT2D eigenvalue weighted by Gasteiger charge is 2.54. The lowest BCUT2D eigenvalue weighted by molar-refractivity contribution is -0.268. The zero-order chi connectivity index (χ0) is 23.0. The molecule has 3 aromatic rings. The average Bonchev–Trinajstić information content (AvgIpc) is 2.69. The number of aromatic hydroxyl groups is 1. The lowest BCUT2D eigenvalue weighted by atomic mass is 9.83. The van der Waals surface area contributed by atoms with Crippen LogP contribution >= 0.6 is 0 Å². The molecule has 0 saturated heterocycles. The summed E-state index contributed by atoms with van der Waals surface area (Å²) in [6.45, 7) is 0.527. The van der Waals surface area contributed by atoms with Crippen LogP contribution in [0.1, 0.15) is 31.2 Å². The number of pyridine rings is 1. The number of phenols is 1. The Labute approximate surface area is 174 Å². The molecule has 31 heavy (non-hydrogen) atoms. The molecule has 0 fully saturated rings. The third-order valence-corrected chi connectivity index (χ3v) is 5.41. The molecule has 9 heteroatoms. The predicted octanol–water partition coefficient (Wildman–Crippen LogP) is 4.86. The molecule has 2 unspecified atom stereocenters. The van der Waals surface area contributed by atoms with E-state index < -0.39 is 47.7 Å². The van der Waals surface area contributed by atoms with Gasteiger partial charge in [-0.2, -0.15) is 13.2 Å². The first-order valence-corrected chi connectivity index (χ1v) is 9.51. The van der Waals surface area contributed by atoms with E-state index in [2.05, 4.69) is 0 Å². The molecule has 0 bridgehead atoms. The first-order chi connectivity index (χ1) is 14.4. The van der Waals surface area contributed by atoms with Crippen LogP contribution in [0.15, 0.2) is 53.5 Å². The van der Waals surface area contributed by atoms with Gasteiger partial charge in [0, 0.05) is 17.6 Å². The zero-order valence-electron chi connectivity index (χ0n) is 16.5. The second-order valence-electron chi connectivity index (χ2n) is 7.51. The smallest absolute Gasteiger partial charge is 0.418 e. The van der Waals surface area contributed by atoms with Crippen LogP contribution in [0.3, 0.4) is 0 Å². The Bertz CT molecular complexity index is 1160. The monoisotopic (exact) mass is 441 g/mol. The van der Waals surface area contributed by atoms with E-state index in [9.17, 15) is 37.0 Å². The van der Waals surface area contributed by atoms with Gasteiger partial charge in [-0.3, -0.25) is 4.79 Å². The first kappa shape index (κ1) is 22.7. The van der Waals surface area contributed by atoms with Crippen molar-refractivity contribution < 1.29 is 32.2 Å². The maximum Gasteiger partial charge on any atom is 0.418 e. The molecule has 166 valence electrons. The van der Waals surface area contributed by atoms with E-state index in [4.69, 9.17) is 0 Å². The molecule has 0 amide bonds. The number of hydrogen-bond acceptors (Lipinski definition) is 3. The minimum Gasteiger partial charge on any atom is -0.508 e. The Kier molecular flexibility index (Phi) is 6.09. The molecule has 2 aromatic carbocycles. The third kappa shape index (κ3) is 4.56. The normalized spacial score (nSPS) is 15.1. The Hall–Kier alpha value is -2.94. The second kappa shape index (κ2) is 8.30. The predicted molar refractivity (Wildman–Crippen MR) is 105 cm³/mol. The molecule has 0 spiro atoms. The summed E-state index contributed by atoms with van der Waals surface area (Å²) < 4.78 is 70.3. The van der Waals surface area contributed by atoms with Crippen LogP contribution in [0.2, 0.25) is 0 Å². The lowest BCUT2D eigenvalue weighted by Gasteiger charge is -2.35. The van der Waals surface area contributed by atoms with Crippen LogP contribution in [0, 0.1) is 11.6 Å². The van der Waals surface area contributed by atoms with Gasteiger partial charge < -0.3 is 14.8 Å². The van der Waals surface area contributed by atoms with Crippen LogP contribution in [0.4, 0.5) is 22.0 Å². The summed E-state index contributed by atoms with van der Waals surface area (Å²) in [5.41, 5.74) is -3.96. The number of fused-ring (bicyclic) bond motifs is 1. The molecule has 0 aliphatic carbocycles. The van der Waals surface area contributed by atoms with E-state index in [1.165, 1.54) is 0 Å². The molecule has 0 radical (unpaired) electrons. The Balaban J connectivity index is 2.07. The number of alkyl halides is 3. The van der Waals surface area contributed by atoms with Crippen LogP contribution in [0.5, 0.6) is 5.75 Å². The van der Waals surface area contributed by atoms with E-state index in [0.29, 0.717) is 0 Å². The first-order valence-electron chi connectivity index (χ1n) is 9.51. The fraction of sp³-hybridized carbons (Fsp3) is 0.318. The van der Waals surface area contributed by atoms with Crippen LogP contribution in [-0.4, -0.2) is 26.6 Å². The number of rotatable bonds is 6. The summed E-state index contributed by atoms with van der Waals surface area (Å²) >= 11 is 0. The van der Waals surface area contributed by atoms with Crippen molar-refractivity contribution in [1.29, 1.82) is 0 Å². The van der Waals surface area contributed by atoms with Gasteiger partial charge in [0.2, 0.25) is 0 Å². The highest BCUT2D eigenvalue weighted by Crippen LogP contribution is 2.42. The molecule has 0 saturated carbocycles. The third-order valence-electron chi connectivity index (χ3n) is 5.41. The number of aromatic nitrogens is 1. The van der Waals surface area contributed by atoms with E-state index in [0.717, 1.165) is 53.2 Å². The number of aliphatic hydroxyl groups is 1. The molecular formula is C22H20F5NO3. The zero-order valence-corrected chi connectivity index (χ0v) is 16.5. The summed E-state index contributed by atoms with van der Waals surface area (Å²) in [6.07, 6.45) is -4.85. The molecule has 0 aliphatic heterocycles. The van der Waals surface area contributed by atoms with E-state index >= 15 is 0 Å². The van der Waals surface area contributed by atoms with E-state index in [1.54, 1.807) is 6.92 Å². The van der Waals surface area contributed by atoms with Gasteiger partial charge in [0.15, 0.2) is 11.0 Å². The fourth-order valence-electron chi connectivity index (χ4n) is 3.70. The fourth-order valence-corrected chi connectivity index (χ4v) is 3.70. The minimum absolute atomic E-state index is 0.00300. The van der Waals surface area contributed by atoms with Gasteiger partial charge in [0.25, 0.3) is 0 Å². The highest BCUT2D eigenvalue weighted by molar-refractivity contribution is 5.78. The molecule has 1 aromatic heterocycles. The SMILES string of the molecule is CCC(CC(O)(Cn1ccc(=O)c2ccc(F)cc21)C(F)(F)F)c1cc(F)ccc1O. The largest absolute Gasteiger partial charge is 0.508 e. The van der Waals surface area contributed by atoms with E-state index in [-0.39, 0.29) is 28.6 Å². The molecular weight excluding hydrogens is 421 g/mol. The van der Waals surface area contributed by atoms with Gasteiger partial charge >= 0.3 is 6.18 Å². The van der Waals surface area contributed by atoms with Crippen molar-refractivity contribution in [1.82, 2.24) is 4.57 Å². The standard InChI is InChI=1S/C22H20F5NO3/c1-2-13(17-9-14(23)4-6-19(17)29)11-21(31,22(25,26)27)12-28-8-7-20(30)16-5-3-15(24)10-18(16)28/h3-10,13,29,31H,2,11-12H2,1H3. The minimum atomic E-state index is -5.11. The van der Waals surface area contributed by atoms with Crippen LogP contribution in [-0.2, 0) is 6.54 Å². The number of phenolic OH excluding ortho intramolecular Hbond substituents is 1. The van der Waals surface area contributed by atoms with E-state index in [1.807, 2.05) is 0 Å². The van der Waals surface area contributed by atoms with Crippen molar-refractivity contribution in [3.63, 3.8) is 0 Å². The van der Waals surface area contributed by atoms with Gasteiger partial charge in [0.05, 0.1) is 12.1 Å².